The van der Waals surface area contributed by atoms with Gasteiger partial charge < -0.3 is 14.2 Å². The first-order valence-corrected chi connectivity index (χ1v) is 12.3. The number of piperazine rings is 1. The fourth-order valence-corrected chi connectivity index (χ4v) is 4.97. The number of ether oxygens (including phenoxy) is 1. The second-order valence-corrected chi connectivity index (χ2v) is 9.35. The lowest BCUT2D eigenvalue weighted by molar-refractivity contribution is 0.128. The van der Waals surface area contributed by atoms with Gasteiger partial charge in [0.25, 0.3) is 0 Å². The molecule has 0 aliphatic carbocycles. The van der Waals surface area contributed by atoms with E-state index < -0.39 is 0 Å². The Bertz CT molecular complexity index is 1040. The van der Waals surface area contributed by atoms with Gasteiger partial charge in [-0.15, -0.1) is 11.6 Å². The minimum atomic E-state index is 0.710. The lowest BCUT2D eigenvalue weighted by atomic mass is 10.1. The van der Waals surface area contributed by atoms with Crippen molar-refractivity contribution in [2.75, 3.05) is 45.7 Å². The zero-order valence-corrected chi connectivity index (χ0v) is 20.5. The first-order valence-electron chi connectivity index (χ1n) is 11.8. The van der Waals surface area contributed by atoms with Crippen molar-refractivity contribution in [3.8, 4) is 5.75 Å². The van der Waals surface area contributed by atoms with Gasteiger partial charge in [0, 0.05) is 68.3 Å². The Balaban J connectivity index is 1.32. The van der Waals surface area contributed by atoms with Gasteiger partial charge in [-0.1, -0.05) is 18.2 Å². The van der Waals surface area contributed by atoms with Gasteiger partial charge in [-0.2, -0.15) is 0 Å². The summed E-state index contributed by atoms with van der Waals surface area (Å²) >= 11 is 5.94. The van der Waals surface area contributed by atoms with Crippen molar-refractivity contribution in [2.45, 2.75) is 39.8 Å². The molecule has 3 aromatic rings. The fourth-order valence-electron chi connectivity index (χ4n) is 4.85. The molecule has 32 heavy (non-hydrogen) atoms. The van der Waals surface area contributed by atoms with Crippen molar-refractivity contribution in [1.29, 1.82) is 0 Å². The van der Waals surface area contributed by atoms with Gasteiger partial charge >= 0.3 is 0 Å². The molecule has 0 radical (unpaired) electrons. The second kappa shape index (κ2) is 10.7. The molecular weight excluding hydrogens is 418 g/mol. The molecule has 4 nitrogen and oxygen atoms in total. The molecular formula is C27H36ClN3O. The summed E-state index contributed by atoms with van der Waals surface area (Å²) in [7, 11) is 1.73. The van der Waals surface area contributed by atoms with Crippen molar-refractivity contribution in [2.24, 2.45) is 0 Å². The zero-order chi connectivity index (χ0) is 22.5. The summed E-state index contributed by atoms with van der Waals surface area (Å²) in [4.78, 5) is 5.18. The number of aromatic nitrogens is 1. The van der Waals surface area contributed by atoms with E-state index in [-0.39, 0.29) is 0 Å². The van der Waals surface area contributed by atoms with Gasteiger partial charge in [0.05, 0.1) is 7.11 Å². The normalized spacial score (nSPS) is 15.5. The Kier molecular flexibility index (Phi) is 7.77. The van der Waals surface area contributed by atoms with E-state index in [1.165, 1.54) is 33.3 Å². The SMILES string of the molecule is COc1cccc(CCN2CCN(Cc3ccc4c(c3)c(C)c(C)n4CCCCl)CC2)c1. The predicted octanol–water partition coefficient (Wildman–Crippen LogP) is 5.26. The number of benzene rings is 2. The monoisotopic (exact) mass is 453 g/mol. The average molecular weight is 454 g/mol. The van der Waals surface area contributed by atoms with E-state index in [2.05, 4.69) is 64.6 Å². The van der Waals surface area contributed by atoms with Gasteiger partial charge in [0.2, 0.25) is 0 Å². The third kappa shape index (κ3) is 5.31. The van der Waals surface area contributed by atoms with Crippen LogP contribution in [0.5, 0.6) is 5.75 Å². The average Bonchev–Trinajstić information content (AvgIpc) is 3.06. The van der Waals surface area contributed by atoms with E-state index in [4.69, 9.17) is 16.3 Å². The standard InChI is InChI=1S/C27H36ClN3O/c1-21-22(2)31(12-5-11-28)27-9-8-24(19-26(21)27)20-30-16-14-29(15-17-30)13-10-23-6-4-7-25(18-23)32-3/h4,6-9,18-19H,5,10-17,20H2,1-3H3. The largest absolute Gasteiger partial charge is 0.497 e. The van der Waals surface area contributed by atoms with Crippen molar-refractivity contribution >= 4 is 22.5 Å². The second-order valence-electron chi connectivity index (χ2n) is 8.98. The Labute approximate surface area is 197 Å². The van der Waals surface area contributed by atoms with Crippen LogP contribution in [-0.2, 0) is 19.5 Å². The molecule has 1 aliphatic heterocycles. The molecule has 5 heteroatoms. The zero-order valence-electron chi connectivity index (χ0n) is 19.7. The number of halogens is 1. The molecule has 1 aliphatic rings. The molecule has 0 N–H and O–H groups in total. The number of alkyl halides is 1. The lowest BCUT2D eigenvalue weighted by Crippen LogP contribution is -2.46. The van der Waals surface area contributed by atoms with Crippen LogP contribution in [0.15, 0.2) is 42.5 Å². The quantitative estimate of drug-likeness (QED) is 0.412. The highest BCUT2D eigenvalue weighted by Gasteiger charge is 2.18. The van der Waals surface area contributed by atoms with E-state index in [1.807, 2.05) is 6.07 Å². The number of hydrogen-bond donors (Lipinski definition) is 0. The Hall–Kier alpha value is -2.01. The van der Waals surface area contributed by atoms with E-state index in [9.17, 15) is 0 Å². The van der Waals surface area contributed by atoms with Crippen molar-refractivity contribution in [3.05, 3.63) is 64.8 Å². The van der Waals surface area contributed by atoms with Crippen LogP contribution < -0.4 is 4.74 Å². The van der Waals surface area contributed by atoms with Gasteiger partial charge in [0.15, 0.2) is 0 Å². The topological polar surface area (TPSA) is 20.6 Å². The molecule has 2 heterocycles. The van der Waals surface area contributed by atoms with Crippen LogP contribution in [0.25, 0.3) is 10.9 Å². The van der Waals surface area contributed by atoms with E-state index in [0.717, 1.165) is 64.4 Å². The minimum Gasteiger partial charge on any atom is -0.497 e. The number of hydrogen-bond acceptors (Lipinski definition) is 3. The number of rotatable bonds is 9. The number of nitrogens with zero attached hydrogens (tertiary/aromatic N) is 3. The summed E-state index contributed by atoms with van der Waals surface area (Å²) in [6.45, 7) is 12.2. The maximum atomic E-state index is 5.94. The molecule has 0 unspecified atom stereocenters. The van der Waals surface area contributed by atoms with Crippen LogP contribution in [0.4, 0.5) is 0 Å². The molecule has 0 bridgehead atoms. The van der Waals surface area contributed by atoms with E-state index in [1.54, 1.807) is 7.11 Å². The summed E-state index contributed by atoms with van der Waals surface area (Å²) in [5.41, 5.74) is 6.88. The first-order chi connectivity index (χ1) is 15.6. The Morgan fingerprint density at radius 1 is 0.906 bits per heavy atom. The van der Waals surface area contributed by atoms with Crippen LogP contribution >= 0.6 is 11.6 Å². The summed E-state index contributed by atoms with van der Waals surface area (Å²) in [5.74, 6) is 1.66. The van der Waals surface area contributed by atoms with Crippen LogP contribution in [-0.4, -0.2) is 60.1 Å². The lowest BCUT2D eigenvalue weighted by Gasteiger charge is -2.34. The van der Waals surface area contributed by atoms with Crippen molar-refractivity contribution in [1.82, 2.24) is 14.4 Å². The molecule has 0 amide bonds. The third-order valence-electron chi connectivity index (χ3n) is 6.94. The molecule has 2 aromatic carbocycles. The smallest absolute Gasteiger partial charge is 0.119 e. The van der Waals surface area contributed by atoms with Crippen LogP contribution in [0.2, 0.25) is 0 Å². The summed E-state index contributed by atoms with van der Waals surface area (Å²) in [5, 5.41) is 1.39. The van der Waals surface area contributed by atoms with E-state index >= 15 is 0 Å². The number of methoxy groups -OCH3 is 1. The first kappa shape index (κ1) is 23.2. The molecule has 1 saturated heterocycles. The summed E-state index contributed by atoms with van der Waals surface area (Å²) in [6, 6.07) is 15.5. The maximum absolute atomic E-state index is 5.94. The highest BCUT2D eigenvalue weighted by molar-refractivity contribution is 6.17. The number of fused-ring (bicyclic) bond motifs is 1. The molecule has 0 atom stereocenters. The Morgan fingerprint density at radius 3 is 2.44 bits per heavy atom. The molecule has 172 valence electrons. The fraction of sp³-hybridized carbons (Fsp3) is 0.481. The van der Waals surface area contributed by atoms with Crippen LogP contribution in [0.1, 0.15) is 28.8 Å². The van der Waals surface area contributed by atoms with Gasteiger partial charge in [-0.25, -0.2) is 0 Å². The van der Waals surface area contributed by atoms with Gasteiger partial charge in [-0.3, -0.25) is 4.90 Å². The number of aryl methyl sites for hydroxylation is 2. The van der Waals surface area contributed by atoms with Crippen molar-refractivity contribution < 1.29 is 4.74 Å². The van der Waals surface area contributed by atoms with Crippen LogP contribution in [0.3, 0.4) is 0 Å². The van der Waals surface area contributed by atoms with Gasteiger partial charge in [-0.05, 0) is 67.6 Å². The summed E-state index contributed by atoms with van der Waals surface area (Å²) < 4.78 is 7.78. The minimum absolute atomic E-state index is 0.710. The molecule has 0 saturated carbocycles. The van der Waals surface area contributed by atoms with Crippen LogP contribution in [0, 0.1) is 13.8 Å². The maximum Gasteiger partial charge on any atom is 0.119 e. The Morgan fingerprint density at radius 2 is 1.69 bits per heavy atom. The van der Waals surface area contributed by atoms with Crippen molar-refractivity contribution in [3.63, 3.8) is 0 Å². The molecule has 0 spiro atoms. The highest BCUT2D eigenvalue weighted by atomic mass is 35.5. The third-order valence-corrected chi connectivity index (χ3v) is 7.21. The summed E-state index contributed by atoms with van der Waals surface area (Å²) in [6.07, 6.45) is 2.09. The van der Waals surface area contributed by atoms with E-state index in [0.29, 0.717) is 5.88 Å². The van der Waals surface area contributed by atoms with Gasteiger partial charge in [0.1, 0.15) is 5.75 Å². The highest BCUT2D eigenvalue weighted by Crippen LogP contribution is 2.27. The molecule has 1 fully saturated rings. The molecule has 4 rings (SSSR count). The predicted molar refractivity (Wildman–Crippen MR) is 135 cm³/mol. The molecule has 1 aromatic heterocycles.